The van der Waals surface area contributed by atoms with Gasteiger partial charge in [-0.15, -0.1) is 6.58 Å². The van der Waals surface area contributed by atoms with Crippen molar-refractivity contribution in [3.8, 4) is 0 Å². The van der Waals surface area contributed by atoms with Crippen LogP contribution in [0.2, 0.25) is 0 Å². The van der Waals surface area contributed by atoms with E-state index in [4.69, 9.17) is 4.99 Å². The Balaban J connectivity index is 1.81. The Hall–Kier alpha value is -1.57. The highest BCUT2D eigenvalue weighted by Gasteiger charge is 2.44. The SMILES string of the molecule is C=CCN=C1N(Cc2ccccc2)CCC12CCCCC2. The minimum absolute atomic E-state index is 0.371. The Morgan fingerprint density at radius 3 is 2.57 bits per heavy atom. The van der Waals surface area contributed by atoms with Crippen molar-refractivity contribution in [1.82, 2.24) is 4.90 Å². The summed E-state index contributed by atoms with van der Waals surface area (Å²) >= 11 is 0. The lowest BCUT2D eigenvalue weighted by Gasteiger charge is -2.35. The van der Waals surface area contributed by atoms with Crippen molar-refractivity contribution in [2.45, 2.75) is 45.1 Å². The number of rotatable bonds is 4. The molecule has 0 atom stereocenters. The summed E-state index contributed by atoms with van der Waals surface area (Å²) in [5.74, 6) is 1.37. The van der Waals surface area contributed by atoms with Crippen molar-refractivity contribution in [3.05, 3.63) is 48.6 Å². The summed E-state index contributed by atoms with van der Waals surface area (Å²) in [5.41, 5.74) is 1.76. The molecule has 0 N–H and O–H groups in total. The summed E-state index contributed by atoms with van der Waals surface area (Å²) in [7, 11) is 0. The lowest BCUT2D eigenvalue weighted by Crippen LogP contribution is -2.36. The number of benzene rings is 1. The van der Waals surface area contributed by atoms with Gasteiger partial charge in [0.2, 0.25) is 0 Å². The summed E-state index contributed by atoms with van der Waals surface area (Å²) in [4.78, 5) is 7.44. The minimum atomic E-state index is 0.371. The van der Waals surface area contributed by atoms with E-state index in [1.165, 1.54) is 49.9 Å². The van der Waals surface area contributed by atoms with Gasteiger partial charge in [-0.05, 0) is 24.8 Å². The summed E-state index contributed by atoms with van der Waals surface area (Å²) in [6.07, 6.45) is 9.99. The molecule has 1 spiro atoms. The third kappa shape index (κ3) is 3.04. The summed E-state index contributed by atoms with van der Waals surface area (Å²) < 4.78 is 0. The maximum atomic E-state index is 4.92. The highest BCUT2D eigenvalue weighted by molar-refractivity contribution is 5.90. The van der Waals surface area contributed by atoms with Crippen LogP contribution in [0.5, 0.6) is 0 Å². The molecule has 1 aromatic rings. The van der Waals surface area contributed by atoms with Crippen LogP contribution in [0, 0.1) is 5.41 Å². The van der Waals surface area contributed by atoms with Crippen LogP contribution in [0.15, 0.2) is 48.0 Å². The predicted molar refractivity (Wildman–Crippen MR) is 89.5 cm³/mol. The first-order valence-corrected chi connectivity index (χ1v) is 8.29. The second-order valence-corrected chi connectivity index (χ2v) is 6.45. The molecule has 0 unspecified atom stereocenters. The van der Waals surface area contributed by atoms with Crippen LogP contribution in [-0.2, 0) is 6.54 Å². The van der Waals surface area contributed by atoms with Crippen molar-refractivity contribution in [2.75, 3.05) is 13.1 Å². The molecular weight excluding hydrogens is 256 g/mol. The number of hydrogen-bond donors (Lipinski definition) is 0. The molecule has 112 valence electrons. The predicted octanol–water partition coefficient (Wildman–Crippen LogP) is 4.43. The molecule has 1 saturated heterocycles. The lowest BCUT2D eigenvalue weighted by atomic mass is 9.72. The van der Waals surface area contributed by atoms with E-state index >= 15 is 0 Å². The fourth-order valence-electron chi connectivity index (χ4n) is 3.98. The molecule has 2 fully saturated rings. The average Bonchev–Trinajstić information content (AvgIpc) is 2.84. The molecular formula is C19H26N2. The van der Waals surface area contributed by atoms with Gasteiger partial charge in [0.1, 0.15) is 5.84 Å². The van der Waals surface area contributed by atoms with Gasteiger partial charge in [-0.1, -0.05) is 55.7 Å². The molecule has 2 aliphatic rings. The molecule has 1 saturated carbocycles. The Kier molecular flexibility index (Phi) is 4.42. The highest BCUT2D eigenvalue weighted by atomic mass is 15.2. The Morgan fingerprint density at radius 1 is 1.10 bits per heavy atom. The zero-order chi connectivity index (χ0) is 14.5. The van der Waals surface area contributed by atoms with Gasteiger partial charge < -0.3 is 4.90 Å². The maximum absolute atomic E-state index is 4.92. The van der Waals surface area contributed by atoms with E-state index in [1.54, 1.807) is 0 Å². The molecule has 1 aliphatic carbocycles. The molecule has 1 heterocycles. The van der Waals surface area contributed by atoms with Crippen molar-refractivity contribution < 1.29 is 0 Å². The first-order valence-electron chi connectivity index (χ1n) is 8.29. The van der Waals surface area contributed by atoms with Crippen LogP contribution in [0.3, 0.4) is 0 Å². The van der Waals surface area contributed by atoms with Crippen LogP contribution in [-0.4, -0.2) is 23.8 Å². The largest absolute Gasteiger partial charge is 0.356 e. The van der Waals surface area contributed by atoms with E-state index in [2.05, 4.69) is 41.8 Å². The van der Waals surface area contributed by atoms with Crippen LogP contribution >= 0.6 is 0 Å². The molecule has 0 amide bonds. The van der Waals surface area contributed by atoms with Gasteiger partial charge in [0.25, 0.3) is 0 Å². The van der Waals surface area contributed by atoms with Crippen LogP contribution in [0.25, 0.3) is 0 Å². The van der Waals surface area contributed by atoms with Crippen molar-refractivity contribution in [2.24, 2.45) is 10.4 Å². The van der Waals surface area contributed by atoms with E-state index in [0.29, 0.717) is 5.41 Å². The molecule has 0 radical (unpaired) electrons. The zero-order valence-electron chi connectivity index (χ0n) is 12.9. The van der Waals surface area contributed by atoms with Crippen molar-refractivity contribution in [1.29, 1.82) is 0 Å². The first-order chi connectivity index (χ1) is 10.3. The molecule has 1 aromatic carbocycles. The Labute approximate surface area is 128 Å². The lowest BCUT2D eigenvalue weighted by molar-refractivity contribution is 0.286. The molecule has 2 nitrogen and oxygen atoms in total. The van der Waals surface area contributed by atoms with E-state index in [9.17, 15) is 0 Å². The van der Waals surface area contributed by atoms with Gasteiger partial charge in [0, 0.05) is 18.5 Å². The van der Waals surface area contributed by atoms with Gasteiger partial charge in [-0.2, -0.15) is 0 Å². The fourth-order valence-corrected chi connectivity index (χ4v) is 3.98. The smallest absolute Gasteiger partial charge is 0.106 e. The van der Waals surface area contributed by atoms with E-state index in [1.807, 2.05) is 6.08 Å². The van der Waals surface area contributed by atoms with E-state index < -0.39 is 0 Å². The topological polar surface area (TPSA) is 15.6 Å². The zero-order valence-corrected chi connectivity index (χ0v) is 12.9. The number of nitrogens with zero attached hydrogens (tertiary/aromatic N) is 2. The Bertz CT molecular complexity index is 498. The molecule has 0 aromatic heterocycles. The number of aliphatic imine (C=N–C) groups is 1. The second-order valence-electron chi connectivity index (χ2n) is 6.45. The summed E-state index contributed by atoms with van der Waals surface area (Å²) in [5, 5.41) is 0. The molecule has 21 heavy (non-hydrogen) atoms. The average molecular weight is 282 g/mol. The van der Waals surface area contributed by atoms with Gasteiger partial charge in [-0.25, -0.2) is 0 Å². The van der Waals surface area contributed by atoms with Crippen LogP contribution < -0.4 is 0 Å². The van der Waals surface area contributed by atoms with Crippen LogP contribution in [0.4, 0.5) is 0 Å². The fraction of sp³-hybridized carbons (Fsp3) is 0.526. The Morgan fingerprint density at radius 2 is 1.86 bits per heavy atom. The van der Waals surface area contributed by atoms with Gasteiger partial charge in [0.15, 0.2) is 0 Å². The third-order valence-electron chi connectivity index (χ3n) is 5.03. The van der Waals surface area contributed by atoms with Gasteiger partial charge in [0.05, 0.1) is 6.54 Å². The number of likely N-dealkylation sites (tertiary alicyclic amines) is 1. The molecule has 2 heteroatoms. The number of hydrogen-bond acceptors (Lipinski definition) is 1. The quantitative estimate of drug-likeness (QED) is 0.746. The maximum Gasteiger partial charge on any atom is 0.106 e. The molecule has 0 bridgehead atoms. The molecule has 1 aliphatic heterocycles. The molecule has 3 rings (SSSR count). The normalized spacial score (nSPS) is 22.9. The standard InChI is InChI=1S/C19H26N2/c1-2-14-20-18-19(11-7-4-8-12-19)13-15-21(18)16-17-9-5-3-6-10-17/h2-3,5-6,9-10H,1,4,7-8,11-16H2. The van der Waals surface area contributed by atoms with Crippen molar-refractivity contribution >= 4 is 5.84 Å². The minimum Gasteiger partial charge on any atom is -0.356 e. The van der Waals surface area contributed by atoms with Crippen LogP contribution in [0.1, 0.15) is 44.1 Å². The second kappa shape index (κ2) is 6.46. The highest BCUT2D eigenvalue weighted by Crippen LogP contribution is 2.45. The van der Waals surface area contributed by atoms with Crippen molar-refractivity contribution in [3.63, 3.8) is 0 Å². The number of amidine groups is 1. The van der Waals surface area contributed by atoms with Gasteiger partial charge in [-0.3, -0.25) is 4.99 Å². The monoisotopic (exact) mass is 282 g/mol. The van der Waals surface area contributed by atoms with E-state index in [-0.39, 0.29) is 0 Å². The first kappa shape index (κ1) is 14.4. The summed E-state index contributed by atoms with van der Waals surface area (Å²) in [6, 6.07) is 10.8. The van der Waals surface area contributed by atoms with Gasteiger partial charge >= 0.3 is 0 Å². The summed E-state index contributed by atoms with van der Waals surface area (Å²) in [6.45, 7) is 6.75. The third-order valence-corrected chi connectivity index (χ3v) is 5.03. The van der Waals surface area contributed by atoms with E-state index in [0.717, 1.165) is 19.6 Å².